The summed E-state index contributed by atoms with van der Waals surface area (Å²) < 4.78 is 10.2. The largest absolute Gasteiger partial charge is 0.477 e. The smallest absolute Gasteiger partial charge is 0.258 e. The Labute approximate surface area is 221 Å². The number of carbonyl (C=O) groups excluding carboxylic acids is 1. The van der Waals surface area contributed by atoms with Crippen molar-refractivity contribution in [1.29, 1.82) is 0 Å². The van der Waals surface area contributed by atoms with Crippen LogP contribution in [0.5, 0.6) is 5.88 Å². The molecule has 9 heteroatoms. The highest BCUT2D eigenvalue weighted by Crippen LogP contribution is 2.38. The second-order valence-corrected chi connectivity index (χ2v) is 11.1. The van der Waals surface area contributed by atoms with Gasteiger partial charge in [0.15, 0.2) is 0 Å². The summed E-state index contributed by atoms with van der Waals surface area (Å²) in [7, 11) is 1.81. The van der Waals surface area contributed by atoms with Crippen LogP contribution in [0.4, 0.5) is 5.95 Å². The van der Waals surface area contributed by atoms with Gasteiger partial charge < -0.3 is 14.4 Å². The molecule has 0 saturated heterocycles. The maximum atomic E-state index is 13.6. The summed E-state index contributed by atoms with van der Waals surface area (Å²) in [6, 6.07) is 9.88. The molecule has 1 amide bonds. The van der Waals surface area contributed by atoms with Crippen LogP contribution in [0.2, 0.25) is 0 Å². The van der Waals surface area contributed by atoms with Gasteiger partial charge in [-0.2, -0.15) is 5.10 Å². The maximum Gasteiger partial charge on any atom is 0.258 e. The van der Waals surface area contributed by atoms with Crippen molar-refractivity contribution >= 4 is 22.9 Å². The van der Waals surface area contributed by atoms with Crippen LogP contribution in [0.3, 0.4) is 0 Å². The first-order valence-electron chi connectivity index (χ1n) is 13.4. The van der Waals surface area contributed by atoms with E-state index in [9.17, 15) is 9.90 Å². The van der Waals surface area contributed by atoms with E-state index in [0.717, 1.165) is 36.8 Å². The molecule has 1 saturated carbocycles. The monoisotopic (exact) mass is 514 g/mol. The average Bonchev–Trinajstić information content (AvgIpc) is 3.57. The minimum Gasteiger partial charge on any atom is -0.477 e. The van der Waals surface area contributed by atoms with Crippen LogP contribution < -0.4 is 10.1 Å². The van der Waals surface area contributed by atoms with Gasteiger partial charge in [-0.1, -0.05) is 19.9 Å². The molecule has 198 valence electrons. The molecule has 2 N–H and O–H groups in total. The van der Waals surface area contributed by atoms with Crippen LogP contribution in [0.15, 0.2) is 30.3 Å². The van der Waals surface area contributed by atoms with E-state index in [2.05, 4.69) is 47.0 Å². The normalized spacial score (nSPS) is 19.5. The third-order valence-electron chi connectivity index (χ3n) is 7.90. The van der Waals surface area contributed by atoms with Gasteiger partial charge in [0, 0.05) is 24.8 Å². The molecule has 4 aromatic rings. The van der Waals surface area contributed by atoms with Crippen LogP contribution in [-0.4, -0.2) is 41.9 Å². The van der Waals surface area contributed by atoms with Gasteiger partial charge in [0.1, 0.15) is 5.69 Å². The Morgan fingerprint density at radius 3 is 2.76 bits per heavy atom. The third kappa shape index (κ3) is 4.34. The fourth-order valence-electron chi connectivity index (χ4n) is 5.93. The molecule has 6 rings (SSSR count). The molecular formula is C29H34N6O3. The number of fused-ring (bicyclic) bond motifs is 9. The molecule has 1 aliphatic carbocycles. The number of nitrogens with zero attached hydrogens (tertiary/aromatic N) is 5. The second-order valence-electron chi connectivity index (χ2n) is 11.1. The van der Waals surface area contributed by atoms with Crippen molar-refractivity contribution in [3.05, 3.63) is 52.8 Å². The molecule has 0 spiro atoms. The lowest BCUT2D eigenvalue weighted by molar-refractivity contribution is 0.102. The summed E-state index contributed by atoms with van der Waals surface area (Å²) in [5, 5.41) is 17.6. The van der Waals surface area contributed by atoms with Gasteiger partial charge in [-0.05, 0) is 73.8 Å². The molecular weight excluding hydrogens is 480 g/mol. The van der Waals surface area contributed by atoms with Crippen molar-refractivity contribution in [2.24, 2.45) is 18.9 Å². The number of aromatic nitrogens is 5. The molecule has 1 aromatic carbocycles. The predicted molar refractivity (Wildman–Crippen MR) is 145 cm³/mol. The zero-order valence-electron chi connectivity index (χ0n) is 22.4. The molecule has 0 radical (unpaired) electrons. The van der Waals surface area contributed by atoms with Gasteiger partial charge in [0.05, 0.1) is 35.5 Å². The lowest BCUT2D eigenvalue weighted by Crippen LogP contribution is -2.18. The Balaban J connectivity index is 1.50. The average molecular weight is 515 g/mol. The van der Waals surface area contributed by atoms with Gasteiger partial charge in [-0.25, -0.2) is 9.67 Å². The van der Waals surface area contributed by atoms with Crippen LogP contribution in [0.25, 0.3) is 22.3 Å². The van der Waals surface area contributed by atoms with Gasteiger partial charge in [0.25, 0.3) is 5.91 Å². The summed E-state index contributed by atoms with van der Waals surface area (Å²) in [4.78, 5) is 23.2. The van der Waals surface area contributed by atoms with Crippen molar-refractivity contribution in [3.8, 4) is 17.1 Å². The van der Waals surface area contributed by atoms with Gasteiger partial charge in [-0.15, -0.1) is 0 Å². The minimum atomic E-state index is -0.256. The quantitative estimate of drug-likeness (QED) is 0.397. The van der Waals surface area contributed by atoms with E-state index in [4.69, 9.17) is 14.7 Å². The number of amides is 1. The van der Waals surface area contributed by atoms with Crippen molar-refractivity contribution in [1.82, 2.24) is 24.3 Å². The maximum absolute atomic E-state index is 13.6. The fourth-order valence-corrected chi connectivity index (χ4v) is 5.93. The zero-order chi connectivity index (χ0) is 26.6. The van der Waals surface area contributed by atoms with Crippen molar-refractivity contribution in [2.75, 3.05) is 11.9 Å². The number of aliphatic hydroxyl groups excluding tert-OH is 1. The lowest BCUT2D eigenvalue weighted by Gasteiger charge is -2.16. The number of aryl methyl sites for hydroxylation is 2. The fraction of sp³-hybridized carbons (Fsp3) is 0.448. The topological polar surface area (TPSA) is 107 Å². The first-order chi connectivity index (χ1) is 18.3. The number of hydrogen-bond acceptors (Lipinski definition) is 6. The van der Waals surface area contributed by atoms with E-state index in [0.29, 0.717) is 64.4 Å². The summed E-state index contributed by atoms with van der Waals surface area (Å²) in [5.74, 6) is 2.13. The summed E-state index contributed by atoms with van der Waals surface area (Å²) in [6.45, 7) is 7.33. The van der Waals surface area contributed by atoms with Crippen LogP contribution in [-0.2, 0) is 20.2 Å². The number of nitrogens with one attached hydrogen (secondary N) is 1. The number of carbonyl (C=O) groups is 1. The lowest BCUT2D eigenvalue weighted by atomic mass is 10.0. The number of hydrogen-bond donors (Lipinski definition) is 2. The van der Waals surface area contributed by atoms with Crippen molar-refractivity contribution in [3.63, 3.8) is 0 Å². The number of ether oxygens (including phenoxy) is 1. The second kappa shape index (κ2) is 9.54. The molecule has 4 heterocycles. The van der Waals surface area contributed by atoms with Gasteiger partial charge >= 0.3 is 0 Å². The Morgan fingerprint density at radius 1 is 1.16 bits per heavy atom. The van der Waals surface area contributed by atoms with E-state index in [-0.39, 0.29) is 12.5 Å². The van der Waals surface area contributed by atoms with E-state index in [1.54, 1.807) is 16.8 Å². The number of pyridine rings is 1. The number of anilines is 1. The molecule has 38 heavy (non-hydrogen) atoms. The highest BCUT2D eigenvalue weighted by atomic mass is 16.5. The molecule has 0 unspecified atom stereocenters. The predicted octanol–water partition coefficient (Wildman–Crippen LogP) is 4.82. The van der Waals surface area contributed by atoms with Crippen LogP contribution in [0, 0.1) is 18.8 Å². The standard InChI is InChI=1S/C29H34N6O3/c1-16(2)20-7-8-22-25(12-20)35-13-18-5-6-19(10-18)15-38-28-26(24(14-36)33-34(28)4)23-11-21(9-17(3)30-23)27(37)32-29(35)31-22/h7-9,11-12,16,18-19,36H,5-6,10,13-15H2,1-4H3,(H,31,32,37)/t18-,19+/m0/s1. The van der Waals surface area contributed by atoms with Gasteiger partial charge in [0.2, 0.25) is 11.8 Å². The molecule has 1 fully saturated rings. The molecule has 1 aliphatic heterocycles. The zero-order valence-corrected chi connectivity index (χ0v) is 22.4. The Morgan fingerprint density at radius 2 is 1.97 bits per heavy atom. The highest BCUT2D eigenvalue weighted by Gasteiger charge is 2.30. The minimum absolute atomic E-state index is 0.252. The number of aliphatic hydroxyl groups is 1. The highest BCUT2D eigenvalue weighted by molar-refractivity contribution is 6.05. The first kappa shape index (κ1) is 24.6. The molecule has 3 aromatic heterocycles. The first-order valence-corrected chi connectivity index (χ1v) is 13.4. The van der Waals surface area contributed by atoms with E-state index in [1.807, 2.05) is 14.0 Å². The third-order valence-corrected chi connectivity index (χ3v) is 7.90. The van der Waals surface area contributed by atoms with Crippen molar-refractivity contribution < 1.29 is 14.6 Å². The number of rotatable bonds is 2. The Hall–Kier alpha value is -3.72. The van der Waals surface area contributed by atoms with E-state index in [1.165, 1.54) is 5.56 Å². The van der Waals surface area contributed by atoms with Crippen LogP contribution >= 0.6 is 0 Å². The summed E-state index contributed by atoms with van der Waals surface area (Å²) in [6.07, 6.45) is 3.19. The molecule has 2 aliphatic rings. The van der Waals surface area contributed by atoms with E-state index >= 15 is 0 Å². The number of imidazole rings is 1. The molecule has 4 bridgehead atoms. The Kier molecular flexibility index (Phi) is 6.18. The summed E-state index contributed by atoms with van der Waals surface area (Å²) in [5.41, 5.74) is 5.98. The SMILES string of the molecule is Cc1cc2cc(n1)-c1c(CO)nn(C)c1OC[C@@H]1CC[C@@H](C1)Cn1c(nc3ccc(C(C)C)cc31)NC2=O. The molecule has 2 atom stereocenters. The molecule has 9 nitrogen and oxygen atoms in total. The Bertz CT molecular complexity index is 1540. The van der Waals surface area contributed by atoms with Crippen molar-refractivity contribution in [2.45, 2.75) is 59.1 Å². The number of benzene rings is 1. The van der Waals surface area contributed by atoms with Crippen LogP contribution in [0.1, 0.15) is 66.3 Å². The summed E-state index contributed by atoms with van der Waals surface area (Å²) >= 11 is 0. The van der Waals surface area contributed by atoms with Gasteiger partial charge in [-0.3, -0.25) is 15.1 Å². The van der Waals surface area contributed by atoms with E-state index < -0.39 is 0 Å².